The number of esters is 2. The van der Waals surface area contributed by atoms with Gasteiger partial charge in [-0.3, -0.25) is 19.2 Å². The molecule has 0 atom stereocenters. The second-order valence-electron chi connectivity index (χ2n) is 18.3. The highest BCUT2D eigenvalue weighted by Crippen LogP contribution is 2.60. The molecule has 1 saturated carbocycles. The Morgan fingerprint density at radius 2 is 1.27 bits per heavy atom. The summed E-state index contributed by atoms with van der Waals surface area (Å²) < 4.78 is 220. The van der Waals surface area contributed by atoms with E-state index in [9.17, 15) is 77.1 Å². The molecule has 0 unspecified atom stereocenters. The zero-order valence-electron chi connectivity index (χ0n) is 41.2. The zero-order chi connectivity index (χ0) is 59.3. The monoisotopic (exact) mass is 1200 g/mol. The molecule has 0 saturated heterocycles. The summed E-state index contributed by atoms with van der Waals surface area (Å²) in [5.41, 5.74) is -21.2. The second kappa shape index (κ2) is 22.1. The first-order valence-electron chi connectivity index (χ1n) is 23.8. The molecule has 2 aliphatic heterocycles. The van der Waals surface area contributed by atoms with E-state index in [1.54, 1.807) is 11.0 Å². The Labute approximate surface area is 449 Å². The fourth-order valence-corrected chi connectivity index (χ4v) is 9.94. The van der Waals surface area contributed by atoms with Crippen molar-refractivity contribution in [3.8, 4) is 23.0 Å². The molecule has 1 fully saturated rings. The third-order valence-electron chi connectivity index (χ3n) is 13.0. The molecule has 3 aliphatic rings. The molecule has 8 rings (SSSR count). The van der Waals surface area contributed by atoms with Crippen LogP contribution in [0.15, 0.2) is 63.8 Å². The highest BCUT2D eigenvalue weighted by Gasteiger charge is 2.58. The number of ether oxygens (including phenoxy) is 3. The predicted molar refractivity (Wildman–Crippen MR) is 254 cm³/mol. The standard InChI is InChI=1S/C49H39F10N3O17S2/c1-2-3-16-74-36(65)13-15-62(14-12-35(63)64)26-10-4-22-17-28(45(68)75-34(22)19-26)44(67)61-25-8-6-24(7-9-25)60-43(66)23-5-11-27-29(18-23)47(77-46(27)69)30-20-32(50)41(78-80(70,71)48(54,55)56)37(52)39(30)76-40-31(47)21-33(51)42(38(40)53)79-81(72,73)49(57,58)59/h4-5,10-11,17-21,24-25H,2-3,6-9,12-16H2,1H3,(H,60,66)(H,61,67)(H,63,64)/t24-,25-. The number of halogens is 10. The molecule has 1 aliphatic carbocycles. The first-order valence-corrected chi connectivity index (χ1v) is 26.6. The molecule has 1 aromatic heterocycles. The van der Waals surface area contributed by atoms with E-state index in [0.29, 0.717) is 17.5 Å². The van der Waals surface area contributed by atoms with E-state index in [-0.39, 0.29) is 81.5 Å². The number of carbonyl (C=O) groups is 5. The van der Waals surface area contributed by atoms with Crippen molar-refractivity contribution in [1.82, 2.24) is 10.6 Å². The van der Waals surface area contributed by atoms with Crippen LogP contribution in [0.4, 0.5) is 49.6 Å². The number of aliphatic carboxylic acids is 1. The average molecular weight is 1200 g/mol. The summed E-state index contributed by atoms with van der Waals surface area (Å²) in [6.45, 7) is 2.22. The van der Waals surface area contributed by atoms with E-state index >= 15 is 17.6 Å². The van der Waals surface area contributed by atoms with Gasteiger partial charge >= 0.3 is 54.8 Å². The molecule has 20 nitrogen and oxygen atoms in total. The molecule has 3 N–H and O–H groups in total. The second-order valence-corrected chi connectivity index (χ2v) is 21.4. The lowest BCUT2D eigenvalue weighted by Crippen LogP contribution is -2.44. The number of rotatable bonds is 18. The number of unbranched alkanes of at least 4 members (excludes halogenated alkanes) is 1. The summed E-state index contributed by atoms with van der Waals surface area (Å²) in [4.78, 5) is 79.4. The number of hydrogen-bond donors (Lipinski definition) is 3. The lowest BCUT2D eigenvalue weighted by Gasteiger charge is -2.37. The third kappa shape index (κ3) is 11.6. The van der Waals surface area contributed by atoms with Gasteiger partial charge in [0.1, 0.15) is 11.1 Å². The van der Waals surface area contributed by atoms with Crippen molar-refractivity contribution in [2.75, 3.05) is 24.6 Å². The number of nitrogens with zero attached hydrogens (tertiary/aromatic N) is 1. The van der Waals surface area contributed by atoms with Crippen LogP contribution in [0.1, 0.15) is 106 Å². The maximum Gasteiger partial charge on any atom is 0.534 e. The minimum atomic E-state index is -6.93. The maximum atomic E-state index is 16.3. The summed E-state index contributed by atoms with van der Waals surface area (Å²) >= 11 is 0. The first kappa shape index (κ1) is 59.0. The van der Waals surface area contributed by atoms with Gasteiger partial charge in [0.2, 0.25) is 23.1 Å². The number of nitrogens with one attached hydrogen (secondary N) is 2. The average Bonchev–Trinajstić information content (AvgIpc) is 1.86. The number of carboxylic acids is 1. The molecule has 0 bridgehead atoms. The van der Waals surface area contributed by atoms with Crippen LogP contribution in [0.5, 0.6) is 23.0 Å². The van der Waals surface area contributed by atoms with E-state index in [2.05, 4.69) is 19.0 Å². The Balaban J connectivity index is 1.02. The van der Waals surface area contributed by atoms with Crippen LogP contribution in [0, 0.1) is 23.3 Å². The minimum Gasteiger partial charge on any atom is -0.481 e. The van der Waals surface area contributed by atoms with Gasteiger partial charge in [-0.2, -0.15) is 52.0 Å². The Bertz CT molecular complexity index is 3610. The molecule has 2 amide bonds. The summed E-state index contributed by atoms with van der Waals surface area (Å²) in [6.07, 6.45) is 1.78. The molecule has 3 heterocycles. The SMILES string of the molecule is CCCCOC(=O)CCN(CCC(=O)O)c1ccc2cc(C(=O)N[C@H]3CC[C@H](NC(=O)c4ccc5c(c4)C4(OC5=O)c5cc(F)c(OS(=O)(=O)C(F)(F)F)c(F)c5Oc5c4cc(F)c(OS(=O)(=O)C(F)(F)F)c5F)CC3)c(=O)oc2c1. The molecule has 32 heteroatoms. The third-order valence-corrected chi connectivity index (χ3v) is 14.9. The van der Waals surface area contributed by atoms with Gasteiger partial charge in [-0.1, -0.05) is 13.3 Å². The Morgan fingerprint density at radius 1 is 0.728 bits per heavy atom. The number of fused-ring (bicyclic) bond motifs is 7. The number of benzene rings is 4. The van der Waals surface area contributed by atoms with Crippen molar-refractivity contribution >= 4 is 66.6 Å². The van der Waals surface area contributed by atoms with Crippen molar-refractivity contribution in [3.63, 3.8) is 0 Å². The van der Waals surface area contributed by atoms with Crippen LogP contribution in [0.3, 0.4) is 0 Å². The molecule has 1 spiro atoms. The van der Waals surface area contributed by atoms with E-state index in [1.165, 1.54) is 18.2 Å². The van der Waals surface area contributed by atoms with Gasteiger partial charge in [-0.15, -0.1) is 0 Å². The molecule has 0 radical (unpaired) electrons. The number of alkyl halides is 6. The molecular formula is C49H39F10N3O17S2. The van der Waals surface area contributed by atoms with Gasteiger partial charge in [-0.25, -0.2) is 18.4 Å². The van der Waals surface area contributed by atoms with Crippen molar-refractivity contribution in [2.45, 2.75) is 87.0 Å². The van der Waals surface area contributed by atoms with Crippen LogP contribution < -0.4 is 34.3 Å². The topological polar surface area (TPSA) is 278 Å². The first-order chi connectivity index (χ1) is 37.9. The van der Waals surface area contributed by atoms with E-state index in [0.717, 1.165) is 24.6 Å². The molecule has 434 valence electrons. The van der Waals surface area contributed by atoms with Crippen molar-refractivity contribution in [2.24, 2.45) is 0 Å². The van der Waals surface area contributed by atoms with E-state index < -0.39 is 158 Å². The van der Waals surface area contributed by atoms with Crippen molar-refractivity contribution < 1.29 is 117 Å². The van der Waals surface area contributed by atoms with Crippen LogP contribution in [0.2, 0.25) is 0 Å². The Morgan fingerprint density at radius 3 is 1.80 bits per heavy atom. The fraction of sp³-hybridized carbons (Fsp3) is 0.347. The summed E-state index contributed by atoms with van der Waals surface area (Å²) in [7, 11) is -13.9. The number of carboxylic acid groups (broad SMARTS) is 1. The number of hydrogen-bond acceptors (Lipinski definition) is 17. The van der Waals surface area contributed by atoms with Crippen LogP contribution in [-0.2, 0) is 44.9 Å². The smallest absolute Gasteiger partial charge is 0.481 e. The minimum absolute atomic E-state index is 0.00725. The molecule has 5 aromatic rings. The summed E-state index contributed by atoms with van der Waals surface area (Å²) in [5, 5.41) is 15.0. The van der Waals surface area contributed by atoms with Gasteiger partial charge in [0, 0.05) is 53.4 Å². The highest BCUT2D eigenvalue weighted by molar-refractivity contribution is 7.88. The zero-order valence-corrected chi connectivity index (χ0v) is 42.8. The Kier molecular flexibility index (Phi) is 16.1. The van der Waals surface area contributed by atoms with Crippen LogP contribution in [-0.4, -0.2) is 94.5 Å². The number of anilines is 1. The predicted octanol–water partition coefficient (Wildman–Crippen LogP) is 7.86. The van der Waals surface area contributed by atoms with E-state index in [1.807, 2.05) is 6.92 Å². The van der Waals surface area contributed by atoms with Gasteiger partial charge in [0.15, 0.2) is 28.7 Å². The molecule has 81 heavy (non-hydrogen) atoms. The van der Waals surface area contributed by atoms with Gasteiger partial charge in [-0.05, 0) is 80.6 Å². The largest absolute Gasteiger partial charge is 0.534 e. The fourth-order valence-electron chi connectivity index (χ4n) is 9.01. The van der Waals surface area contributed by atoms with Gasteiger partial charge in [0.05, 0.1) is 36.1 Å². The quantitative estimate of drug-likeness (QED) is 0.0188. The van der Waals surface area contributed by atoms with Crippen molar-refractivity contribution in [1.29, 1.82) is 0 Å². The normalized spacial score (nSPS) is 16.6. The van der Waals surface area contributed by atoms with E-state index in [4.69, 9.17) is 18.6 Å². The molecular weight excluding hydrogens is 1160 g/mol. The lowest BCUT2D eigenvalue weighted by atomic mass is 9.76. The maximum absolute atomic E-state index is 16.3. The van der Waals surface area contributed by atoms with Crippen molar-refractivity contribution in [3.05, 3.63) is 122 Å². The molecule has 4 aromatic carbocycles. The number of amides is 2. The lowest BCUT2D eigenvalue weighted by molar-refractivity contribution is -0.143. The van der Waals surface area contributed by atoms with Gasteiger partial charge in [0.25, 0.3) is 11.8 Å². The van der Waals surface area contributed by atoms with Crippen LogP contribution in [0.25, 0.3) is 11.0 Å². The summed E-state index contributed by atoms with van der Waals surface area (Å²) in [6, 6.07) is 7.12. The Hall–Kier alpha value is -8.16. The highest BCUT2D eigenvalue weighted by atomic mass is 32.2. The number of carbonyl (C=O) groups excluding carboxylic acids is 4. The van der Waals surface area contributed by atoms with Gasteiger partial charge < -0.3 is 47.6 Å². The van der Waals surface area contributed by atoms with Crippen LogP contribution >= 0.6 is 0 Å². The summed E-state index contributed by atoms with van der Waals surface area (Å²) in [5.74, 6) is -23.1.